The summed E-state index contributed by atoms with van der Waals surface area (Å²) in [5.41, 5.74) is -0.743. The number of rotatable bonds is 7. The predicted octanol–water partition coefficient (Wildman–Crippen LogP) is 3.10. The number of hydrogen-bond donors (Lipinski definition) is 2. The number of carboxylic acid groups (broad SMARTS) is 1. The number of carbonyl (C=O) groups excluding carboxylic acids is 1. The third kappa shape index (κ3) is 4.90. The molecule has 2 amide bonds. The van der Waals surface area contributed by atoms with Crippen LogP contribution in [0.1, 0.15) is 59.8 Å². The molecule has 1 heterocycles. The third-order valence-corrected chi connectivity index (χ3v) is 4.37. The second kappa shape index (κ2) is 7.66. The smallest absolute Gasteiger partial charge is 0.317 e. The van der Waals surface area contributed by atoms with Crippen LogP contribution in [-0.2, 0) is 4.79 Å². The highest BCUT2D eigenvalue weighted by atomic mass is 16.4. The van der Waals surface area contributed by atoms with E-state index >= 15 is 0 Å². The van der Waals surface area contributed by atoms with Crippen LogP contribution in [0.2, 0.25) is 0 Å². The molecule has 0 aromatic rings. The van der Waals surface area contributed by atoms with Gasteiger partial charge in [-0.15, -0.1) is 0 Å². The molecule has 1 aliphatic heterocycles. The zero-order valence-corrected chi connectivity index (χ0v) is 13.8. The number of urea groups is 1. The highest BCUT2D eigenvalue weighted by Crippen LogP contribution is 2.35. The SMILES string of the molecule is CCCC1(C(=O)O)CCN(C(=O)NC(C)CCC(C)C)C1. The summed E-state index contributed by atoms with van der Waals surface area (Å²) in [4.78, 5) is 25.4. The Hall–Kier alpha value is -1.26. The van der Waals surface area contributed by atoms with Crippen LogP contribution in [0.4, 0.5) is 4.79 Å². The third-order valence-electron chi connectivity index (χ3n) is 4.37. The number of nitrogens with zero attached hydrogens (tertiary/aromatic N) is 1. The maximum Gasteiger partial charge on any atom is 0.317 e. The summed E-state index contributed by atoms with van der Waals surface area (Å²) in [5, 5.41) is 12.5. The second-order valence-electron chi connectivity index (χ2n) is 6.83. The van der Waals surface area contributed by atoms with Crippen LogP contribution in [-0.4, -0.2) is 41.1 Å². The van der Waals surface area contributed by atoms with E-state index in [1.807, 2.05) is 13.8 Å². The molecule has 0 aromatic carbocycles. The molecule has 2 unspecified atom stereocenters. The first-order valence-corrected chi connectivity index (χ1v) is 8.09. The van der Waals surface area contributed by atoms with Crippen LogP contribution >= 0.6 is 0 Å². The number of nitrogens with one attached hydrogen (secondary N) is 1. The molecular weight excluding hydrogens is 268 g/mol. The van der Waals surface area contributed by atoms with Gasteiger partial charge in [0, 0.05) is 19.1 Å². The number of amides is 2. The van der Waals surface area contributed by atoms with Gasteiger partial charge in [0.05, 0.1) is 5.41 Å². The lowest BCUT2D eigenvalue weighted by Crippen LogP contribution is -2.44. The van der Waals surface area contributed by atoms with Crippen LogP contribution < -0.4 is 5.32 Å². The van der Waals surface area contributed by atoms with Gasteiger partial charge in [-0.25, -0.2) is 4.79 Å². The van der Waals surface area contributed by atoms with Gasteiger partial charge in [-0.2, -0.15) is 0 Å². The molecule has 5 heteroatoms. The van der Waals surface area contributed by atoms with Gasteiger partial charge >= 0.3 is 12.0 Å². The number of carbonyl (C=O) groups is 2. The molecule has 5 nitrogen and oxygen atoms in total. The fourth-order valence-electron chi connectivity index (χ4n) is 2.97. The maximum absolute atomic E-state index is 12.2. The molecule has 0 radical (unpaired) electrons. The molecule has 0 aliphatic carbocycles. The topological polar surface area (TPSA) is 69.6 Å². The summed E-state index contributed by atoms with van der Waals surface area (Å²) in [6.45, 7) is 9.20. The van der Waals surface area contributed by atoms with Crippen molar-refractivity contribution in [3.8, 4) is 0 Å². The number of aliphatic carboxylic acids is 1. The quantitative estimate of drug-likeness (QED) is 0.759. The van der Waals surface area contributed by atoms with Crippen molar-refractivity contribution in [1.29, 1.82) is 0 Å². The monoisotopic (exact) mass is 298 g/mol. The number of hydrogen-bond acceptors (Lipinski definition) is 2. The van der Waals surface area contributed by atoms with Crippen molar-refractivity contribution in [2.75, 3.05) is 13.1 Å². The first-order chi connectivity index (χ1) is 9.80. The molecule has 0 aromatic heterocycles. The van der Waals surface area contributed by atoms with Crippen molar-refractivity contribution < 1.29 is 14.7 Å². The molecule has 0 spiro atoms. The Morgan fingerprint density at radius 1 is 1.29 bits per heavy atom. The van der Waals surface area contributed by atoms with E-state index in [2.05, 4.69) is 19.2 Å². The van der Waals surface area contributed by atoms with Crippen LogP contribution in [0.3, 0.4) is 0 Å². The van der Waals surface area contributed by atoms with Crippen molar-refractivity contribution in [3.05, 3.63) is 0 Å². The standard InChI is InChI=1S/C16H30N2O3/c1-5-8-16(14(19)20)9-10-18(11-16)15(21)17-13(4)7-6-12(2)3/h12-13H,5-11H2,1-4H3,(H,17,21)(H,19,20). The molecule has 1 aliphatic rings. The van der Waals surface area contributed by atoms with Crippen molar-refractivity contribution in [2.45, 2.75) is 65.8 Å². The Kier molecular flexibility index (Phi) is 6.49. The van der Waals surface area contributed by atoms with Crippen molar-refractivity contribution in [2.24, 2.45) is 11.3 Å². The van der Waals surface area contributed by atoms with Crippen LogP contribution in [0.25, 0.3) is 0 Å². The first kappa shape index (κ1) is 17.8. The van der Waals surface area contributed by atoms with Gasteiger partial charge < -0.3 is 15.3 Å². The summed E-state index contributed by atoms with van der Waals surface area (Å²) >= 11 is 0. The summed E-state index contributed by atoms with van der Waals surface area (Å²) in [5.74, 6) is -0.146. The van der Waals surface area contributed by atoms with E-state index in [0.29, 0.717) is 31.8 Å². The fourth-order valence-corrected chi connectivity index (χ4v) is 2.97. The van der Waals surface area contributed by atoms with Crippen LogP contribution in [0, 0.1) is 11.3 Å². The van der Waals surface area contributed by atoms with E-state index in [1.165, 1.54) is 0 Å². The summed E-state index contributed by atoms with van der Waals surface area (Å²) in [7, 11) is 0. The number of carboxylic acids is 1. The lowest BCUT2D eigenvalue weighted by molar-refractivity contribution is -0.148. The largest absolute Gasteiger partial charge is 0.481 e. The molecule has 2 atom stereocenters. The minimum Gasteiger partial charge on any atom is -0.481 e. The zero-order valence-electron chi connectivity index (χ0n) is 13.8. The Morgan fingerprint density at radius 3 is 2.48 bits per heavy atom. The van der Waals surface area contributed by atoms with E-state index in [0.717, 1.165) is 19.3 Å². The van der Waals surface area contributed by atoms with Gasteiger partial charge in [-0.1, -0.05) is 27.2 Å². The van der Waals surface area contributed by atoms with E-state index < -0.39 is 11.4 Å². The maximum atomic E-state index is 12.2. The highest BCUT2D eigenvalue weighted by Gasteiger charge is 2.45. The van der Waals surface area contributed by atoms with Gasteiger partial charge in [0.2, 0.25) is 0 Å². The van der Waals surface area contributed by atoms with Crippen LogP contribution in [0.5, 0.6) is 0 Å². The van der Waals surface area contributed by atoms with Crippen LogP contribution in [0.15, 0.2) is 0 Å². The summed E-state index contributed by atoms with van der Waals surface area (Å²) < 4.78 is 0. The van der Waals surface area contributed by atoms with Crippen molar-refractivity contribution >= 4 is 12.0 Å². The minimum absolute atomic E-state index is 0.120. The Labute approximate surface area is 128 Å². The summed E-state index contributed by atoms with van der Waals surface area (Å²) in [6.07, 6.45) is 4.05. The minimum atomic E-state index is -0.771. The van der Waals surface area contributed by atoms with E-state index in [1.54, 1.807) is 4.90 Å². The predicted molar refractivity (Wildman–Crippen MR) is 83.2 cm³/mol. The summed E-state index contributed by atoms with van der Waals surface area (Å²) in [6, 6.07) is 0.0105. The molecule has 122 valence electrons. The van der Waals surface area contributed by atoms with Crippen molar-refractivity contribution in [1.82, 2.24) is 10.2 Å². The molecule has 0 saturated carbocycles. The van der Waals surface area contributed by atoms with E-state index in [4.69, 9.17) is 0 Å². The normalized spacial score (nSPS) is 23.4. The van der Waals surface area contributed by atoms with Gasteiger partial charge in [0.25, 0.3) is 0 Å². The fraction of sp³-hybridized carbons (Fsp3) is 0.875. The van der Waals surface area contributed by atoms with Gasteiger partial charge in [0.1, 0.15) is 0 Å². The lowest BCUT2D eigenvalue weighted by Gasteiger charge is -2.25. The molecule has 0 bridgehead atoms. The van der Waals surface area contributed by atoms with Gasteiger partial charge in [0.15, 0.2) is 0 Å². The highest BCUT2D eigenvalue weighted by molar-refractivity contribution is 5.79. The molecule has 2 N–H and O–H groups in total. The van der Waals surface area contributed by atoms with Crippen molar-refractivity contribution in [3.63, 3.8) is 0 Å². The Balaban J connectivity index is 2.51. The lowest BCUT2D eigenvalue weighted by atomic mass is 9.83. The number of likely N-dealkylation sites (tertiary alicyclic amines) is 1. The zero-order chi connectivity index (χ0) is 16.0. The average Bonchev–Trinajstić information content (AvgIpc) is 2.82. The molecule has 1 fully saturated rings. The molecule has 1 saturated heterocycles. The van der Waals surface area contributed by atoms with Gasteiger partial charge in [-0.3, -0.25) is 4.79 Å². The molecule has 21 heavy (non-hydrogen) atoms. The van der Waals surface area contributed by atoms with Gasteiger partial charge in [-0.05, 0) is 38.5 Å². The Bertz CT molecular complexity index is 371. The molecule has 1 rings (SSSR count). The first-order valence-electron chi connectivity index (χ1n) is 8.09. The average molecular weight is 298 g/mol. The van der Waals surface area contributed by atoms with E-state index in [-0.39, 0.29) is 12.1 Å². The Morgan fingerprint density at radius 2 is 1.95 bits per heavy atom. The molecular formula is C16H30N2O3. The van der Waals surface area contributed by atoms with E-state index in [9.17, 15) is 14.7 Å². The second-order valence-corrected chi connectivity index (χ2v) is 6.83.